The van der Waals surface area contributed by atoms with Crippen molar-refractivity contribution in [3.63, 3.8) is 0 Å². The first-order valence-corrected chi connectivity index (χ1v) is 7.40. The van der Waals surface area contributed by atoms with Crippen LogP contribution in [0.1, 0.15) is 18.2 Å². The van der Waals surface area contributed by atoms with Gasteiger partial charge in [0.15, 0.2) is 4.96 Å². The zero-order valence-corrected chi connectivity index (χ0v) is 12.3. The van der Waals surface area contributed by atoms with E-state index in [1.54, 1.807) is 11.3 Å². The molecule has 1 N–H and O–H groups in total. The number of rotatable bonds is 4. The molecule has 0 bridgehead atoms. The Morgan fingerprint density at radius 3 is 2.95 bits per heavy atom. The van der Waals surface area contributed by atoms with E-state index in [-0.39, 0.29) is 12.3 Å². The number of carbonyl (C=O) groups excluding carboxylic acids is 1. The Morgan fingerprint density at radius 1 is 1.38 bits per heavy atom. The summed E-state index contributed by atoms with van der Waals surface area (Å²) in [5.41, 5.74) is 5.07. The molecule has 2 heterocycles. The van der Waals surface area contributed by atoms with Gasteiger partial charge in [-0.25, -0.2) is 10.4 Å². The summed E-state index contributed by atoms with van der Waals surface area (Å²) >= 11 is 1.54. The summed E-state index contributed by atoms with van der Waals surface area (Å²) in [5, 5.41) is 6.08. The number of hydrogen-bond acceptors (Lipinski definition) is 4. The Labute approximate surface area is 126 Å². The second-order valence-electron chi connectivity index (χ2n) is 4.60. The fourth-order valence-electron chi connectivity index (χ4n) is 1.96. The zero-order valence-electron chi connectivity index (χ0n) is 11.5. The molecule has 6 heteroatoms. The van der Waals surface area contributed by atoms with E-state index in [0.29, 0.717) is 0 Å². The van der Waals surface area contributed by atoms with Gasteiger partial charge in [-0.05, 0) is 12.5 Å². The van der Waals surface area contributed by atoms with Gasteiger partial charge in [0, 0.05) is 17.8 Å². The maximum atomic E-state index is 11.9. The monoisotopic (exact) mass is 298 g/mol. The van der Waals surface area contributed by atoms with Gasteiger partial charge in [-0.15, -0.1) is 11.3 Å². The molecule has 0 fully saturated rings. The van der Waals surface area contributed by atoms with Crippen molar-refractivity contribution in [3.8, 4) is 0 Å². The standard InChI is InChI=1S/C15H14N4OS/c1-11(12-5-3-2-4-6-12)17-18-14(20)9-13-10-19-7-8-21-15(19)16-13/h2-8,10H,9H2,1H3,(H,18,20)/b17-11+. The second kappa shape index (κ2) is 5.88. The van der Waals surface area contributed by atoms with Gasteiger partial charge < -0.3 is 0 Å². The van der Waals surface area contributed by atoms with Crippen LogP contribution in [-0.4, -0.2) is 21.0 Å². The van der Waals surface area contributed by atoms with E-state index in [1.165, 1.54) is 0 Å². The lowest BCUT2D eigenvalue weighted by atomic mass is 10.1. The fraction of sp³-hybridized carbons (Fsp3) is 0.133. The summed E-state index contributed by atoms with van der Waals surface area (Å²) in [5.74, 6) is -0.170. The topological polar surface area (TPSA) is 58.8 Å². The summed E-state index contributed by atoms with van der Waals surface area (Å²) in [6.07, 6.45) is 4.01. The lowest BCUT2D eigenvalue weighted by Gasteiger charge is -2.01. The van der Waals surface area contributed by atoms with Crippen LogP contribution in [0.5, 0.6) is 0 Å². The summed E-state index contributed by atoms with van der Waals surface area (Å²) in [6.45, 7) is 1.86. The van der Waals surface area contributed by atoms with E-state index >= 15 is 0 Å². The van der Waals surface area contributed by atoms with Gasteiger partial charge in [0.25, 0.3) is 0 Å². The lowest BCUT2D eigenvalue weighted by molar-refractivity contribution is -0.120. The molecule has 5 nitrogen and oxygen atoms in total. The number of hydrogen-bond donors (Lipinski definition) is 1. The minimum atomic E-state index is -0.170. The fourth-order valence-corrected chi connectivity index (χ4v) is 2.67. The molecular formula is C15H14N4OS. The number of thiazole rings is 1. The van der Waals surface area contributed by atoms with E-state index < -0.39 is 0 Å². The minimum Gasteiger partial charge on any atom is -0.297 e. The van der Waals surface area contributed by atoms with Crippen LogP contribution in [0, 0.1) is 0 Å². The van der Waals surface area contributed by atoms with Gasteiger partial charge >= 0.3 is 0 Å². The van der Waals surface area contributed by atoms with Crippen LogP contribution in [0.2, 0.25) is 0 Å². The van der Waals surface area contributed by atoms with Crippen LogP contribution in [0.25, 0.3) is 4.96 Å². The van der Waals surface area contributed by atoms with E-state index in [1.807, 2.05) is 59.4 Å². The van der Waals surface area contributed by atoms with Crippen molar-refractivity contribution in [1.29, 1.82) is 0 Å². The molecule has 1 aromatic carbocycles. The maximum absolute atomic E-state index is 11.9. The summed E-state index contributed by atoms with van der Waals surface area (Å²) in [7, 11) is 0. The molecule has 0 aliphatic heterocycles. The Hall–Kier alpha value is -2.47. The summed E-state index contributed by atoms with van der Waals surface area (Å²) in [6, 6.07) is 9.73. The predicted molar refractivity (Wildman–Crippen MR) is 83.6 cm³/mol. The van der Waals surface area contributed by atoms with Gasteiger partial charge in [0.05, 0.1) is 17.8 Å². The molecule has 3 aromatic rings. The summed E-state index contributed by atoms with van der Waals surface area (Å²) in [4.78, 5) is 17.1. The molecule has 2 aromatic heterocycles. The number of aromatic nitrogens is 2. The number of nitrogens with zero attached hydrogens (tertiary/aromatic N) is 3. The van der Waals surface area contributed by atoms with E-state index in [4.69, 9.17) is 0 Å². The number of fused-ring (bicyclic) bond motifs is 1. The number of hydrazone groups is 1. The molecule has 3 rings (SSSR count). The molecule has 106 valence electrons. The van der Waals surface area contributed by atoms with Crippen molar-refractivity contribution in [2.24, 2.45) is 5.10 Å². The Morgan fingerprint density at radius 2 is 2.19 bits per heavy atom. The highest BCUT2D eigenvalue weighted by atomic mass is 32.1. The van der Waals surface area contributed by atoms with Gasteiger partial charge in [0.1, 0.15) is 0 Å². The smallest absolute Gasteiger partial charge is 0.246 e. The molecule has 0 unspecified atom stereocenters. The third-order valence-electron chi connectivity index (χ3n) is 3.02. The molecule has 0 saturated heterocycles. The van der Waals surface area contributed by atoms with E-state index in [2.05, 4.69) is 15.5 Å². The molecule has 0 spiro atoms. The molecule has 0 atom stereocenters. The van der Waals surface area contributed by atoms with Gasteiger partial charge in [-0.3, -0.25) is 9.20 Å². The van der Waals surface area contributed by atoms with Crippen LogP contribution in [-0.2, 0) is 11.2 Å². The molecule has 0 radical (unpaired) electrons. The molecular weight excluding hydrogens is 284 g/mol. The average molecular weight is 298 g/mol. The highest BCUT2D eigenvalue weighted by Gasteiger charge is 2.08. The maximum Gasteiger partial charge on any atom is 0.246 e. The first-order valence-electron chi connectivity index (χ1n) is 6.52. The number of imidazole rings is 1. The second-order valence-corrected chi connectivity index (χ2v) is 5.47. The largest absolute Gasteiger partial charge is 0.297 e. The first-order chi connectivity index (χ1) is 10.2. The molecule has 0 aliphatic carbocycles. The van der Waals surface area contributed by atoms with E-state index in [0.717, 1.165) is 21.9 Å². The first kappa shape index (κ1) is 13.5. The number of amides is 1. The number of nitrogens with one attached hydrogen (secondary N) is 1. The average Bonchev–Trinajstić information content (AvgIpc) is 3.07. The van der Waals surface area contributed by atoms with Crippen molar-refractivity contribution in [3.05, 3.63) is 59.4 Å². The van der Waals surface area contributed by atoms with E-state index in [9.17, 15) is 4.79 Å². The minimum absolute atomic E-state index is 0.170. The Kier molecular flexibility index (Phi) is 3.79. The quantitative estimate of drug-likeness (QED) is 0.594. The van der Waals surface area contributed by atoms with Crippen LogP contribution in [0.4, 0.5) is 0 Å². The van der Waals surface area contributed by atoms with Crippen LogP contribution >= 0.6 is 11.3 Å². The number of benzene rings is 1. The van der Waals surface area contributed by atoms with Crippen LogP contribution in [0.3, 0.4) is 0 Å². The number of carbonyl (C=O) groups is 1. The van der Waals surface area contributed by atoms with Crippen molar-refractivity contribution in [2.45, 2.75) is 13.3 Å². The van der Waals surface area contributed by atoms with Crippen molar-refractivity contribution < 1.29 is 4.79 Å². The predicted octanol–water partition coefficient (Wildman–Crippen LogP) is 2.48. The Balaban J connectivity index is 1.62. The van der Waals surface area contributed by atoms with Crippen molar-refractivity contribution >= 4 is 27.9 Å². The lowest BCUT2D eigenvalue weighted by Crippen LogP contribution is -2.21. The molecule has 1 amide bonds. The molecule has 0 saturated carbocycles. The highest BCUT2D eigenvalue weighted by molar-refractivity contribution is 7.15. The van der Waals surface area contributed by atoms with Crippen molar-refractivity contribution in [2.75, 3.05) is 0 Å². The Bertz CT molecular complexity index is 760. The third-order valence-corrected chi connectivity index (χ3v) is 3.80. The summed E-state index contributed by atoms with van der Waals surface area (Å²) < 4.78 is 1.91. The van der Waals surface area contributed by atoms with Gasteiger partial charge in [0.2, 0.25) is 5.91 Å². The van der Waals surface area contributed by atoms with Gasteiger partial charge in [-0.1, -0.05) is 30.3 Å². The van der Waals surface area contributed by atoms with Crippen molar-refractivity contribution in [1.82, 2.24) is 14.8 Å². The third kappa shape index (κ3) is 3.17. The van der Waals surface area contributed by atoms with Crippen LogP contribution in [0.15, 0.2) is 53.2 Å². The zero-order chi connectivity index (χ0) is 14.7. The SMILES string of the molecule is C/C(=N\NC(=O)Cc1cn2ccsc2n1)c1ccccc1. The highest BCUT2D eigenvalue weighted by Crippen LogP contribution is 2.11. The molecule has 21 heavy (non-hydrogen) atoms. The van der Waals surface area contributed by atoms with Crippen LogP contribution < -0.4 is 5.43 Å². The van der Waals surface area contributed by atoms with Gasteiger partial charge in [-0.2, -0.15) is 5.10 Å². The normalized spacial score (nSPS) is 11.8. The molecule has 0 aliphatic rings.